The van der Waals surface area contributed by atoms with Crippen molar-refractivity contribution in [3.8, 4) is 0 Å². The SMILES string of the molecule is Cc1ccccc1CNc1ccc(C(=O)OC(C)(C)C)cc1. The molecule has 0 aliphatic rings. The molecule has 0 aliphatic heterocycles. The number of rotatable bonds is 4. The lowest BCUT2D eigenvalue weighted by Gasteiger charge is -2.19. The Kier molecular flexibility index (Phi) is 4.86. The average Bonchev–Trinajstić information content (AvgIpc) is 2.45. The van der Waals surface area contributed by atoms with Gasteiger partial charge in [-0.3, -0.25) is 0 Å². The van der Waals surface area contributed by atoms with Crippen molar-refractivity contribution >= 4 is 11.7 Å². The molecule has 1 N–H and O–H groups in total. The Labute approximate surface area is 132 Å². The first-order valence-corrected chi connectivity index (χ1v) is 7.47. The molecule has 0 fully saturated rings. The molecule has 116 valence electrons. The zero-order valence-electron chi connectivity index (χ0n) is 13.6. The number of carbonyl (C=O) groups excluding carboxylic acids is 1. The molecule has 0 aliphatic carbocycles. The van der Waals surface area contributed by atoms with E-state index in [1.54, 1.807) is 12.1 Å². The van der Waals surface area contributed by atoms with Gasteiger partial charge in [0.15, 0.2) is 0 Å². The van der Waals surface area contributed by atoms with Gasteiger partial charge in [0.25, 0.3) is 0 Å². The molecule has 0 radical (unpaired) electrons. The van der Waals surface area contributed by atoms with E-state index in [1.165, 1.54) is 11.1 Å². The van der Waals surface area contributed by atoms with Gasteiger partial charge in [0.1, 0.15) is 5.60 Å². The Morgan fingerprint density at radius 2 is 1.68 bits per heavy atom. The van der Waals surface area contributed by atoms with Crippen molar-refractivity contribution in [2.24, 2.45) is 0 Å². The van der Waals surface area contributed by atoms with Gasteiger partial charge in [-0.15, -0.1) is 0 Å². The summed E-state index contributed by atoms with van der Waals surface area (Å²) in [6, 6.07) is 15.7. The van der Waals surface area contributed by atoms with Crippen molar-refractivity contribution in [2.45, 2.75) is 39.8 Å². The van der Waals surface area contributed by atoms with Crippen LogP contribution in [0.25, 0.3) is 0 Å². The number of hydrogen-bond acceptors (Lipinski definition) is 3. The lowest BCUT2D eigenvalue weighted by molar-refractivity contribution is 0.00696. The number of benzene rings is 2. The highest BCUT2D eigenvalue weighted by molar-refractivity contribution is 5.90. The third-order valence-corrected chi connectivity index (χ3v) is 3.26. The van der Waals surface area contributed by atoms with E-state index in [4.69, 9.17) is 4.74 Å². The molecule has 0 heterocycles. The molecule has 0 saturated heterocycles. The van der Waals surface area contributed by atoms with Gasteiger partial charge < -0.3 is 10.1 Å². The van der Waals surface area contributed by atoms with Crippen molar-refractivity contribution in [3.05, 3.63) is 65.2 Å². The second-order valence-electron chi connectivity index (χ2n) is 6.36. The number of carbonyl (C=O) groups is 1. The van der Waals surface area contributed by atoms with Gasteiger partial charge in [0.2, 0.25) is 0 Å². The number of nitrogens with one attached hydrogen (secondary N) is 1. The normalized spacial score (nSPS) is 11.1. The number of ether oxygens (including phenoxy) is 1. The quantitative estimate of drug-likeness (QED) is 0.841. The van der Waals surface area contributed by atoms with E-state index in [0.717, 1.165) is 12.2 Å². The monoisotopic (exact) mass is 297 g/mol. The van der Waals surface area contributed by atoms with Gasteiger partial charge in [-0.1, -0.05) is 24.3 Å². The Morgan fingerprint density at radius 3 is 2.27 bits per heavy atom. The fraction of sp³-hybridized carbons (Fsp3) is 0.316. The van der Waals surface area contributed by atoms with Crippen LogP contribution in [0.4, 0.5) is 5.69 Å². The largest absolute Gasteiger partial charge is 0.456 e. The van der Waals surface area contributed by atoms with Crippen LogP contribution in [0.3, 0.4) is 0 Å². The van der Waals surface area contributed by atoms with Crippen molar-refractivity contribution in [2.75, 3.05) is 5.32 Å². The molecule has 0 aromatic heterocycles. The summed E-state index contributed by atoms with van der Waals surface area (Å²) in [7, 11) is 0. The number of aryl methyl sites for hydroxylation is 1. The van der Waals surface area contributed by atoms with E-state index in [-0.39, 0.29) is 5.97 Å². The summed E-state index contributed by atoms with van der Waals surface area (Å²) in [6.07, 6.45) is 0. The molecule has 3 heteroatoms. The third kappa shape index (κ3) is 4.62. The van der Waals surface area contributed by atoms with Gasteiger partial charge in [-0.2, -0.15) is 0 Å². The van der Waals surface area contributed by atoms with Gasteiger partial charge in [0.05, 0.1) is 5.56 Å². The average molecular weight is 297 g/mol. The second kappa shape index (κ2) is 6.65. The third-order valence-electron chi connectivity index (χ3n) is 3.26. The molecular formula is C19H23NO2. The molecule has 0 amide bonds. The highest BCUT2D eigenvalue weighted by Crippen LogP contribution is 2.16. The maximum Gasteiger partial charge on any atom is 0.338 e. The van der Waals surface area contributed by atoms with Crippen LogP contribution in [0.15, 0.2) is 48.5 Å². The van der Waals surface area contributed by atoms with Crippen molar-refractivity contribution < 1.29 is 9.53 Å². The van der Waals surface area contributed by atoms with Crippen LogP contribution in [0.5, 0.6) is 0 Å². The zero-order valence-corrected chi connectivity index (χ0v) is 13.6. The molecule has 0 bridgehead atoms. The van der Waals surface area contributed by atoms with Crippen molar-refractivity contribution in [1.82, 2.24) is 0 Å². The Bertz CT molecular complexity index is 639. The van der Waals surface area contributed by atoms with Crippen LogP contribution in [0, 0.1) is 6.92 Å². The van der Waals surface area contributed by atoms with Gasteiger partial charge in [-0.25, -0.2) is 4.79 Å². The summed E-state index contributed by atoms with van der Waals surface area (Å²) in [6.45, 7) is 8.45. The number of esters is 1. The second-order valence-corrected chi connectivity index (χ2v) is 6.36. The minimum absolute atomic E-state index is 0.294. The Hall–Kier alpha value is -2.29. The van der Waals surface area contributed by atoms with E-state index < -0.39 is 5.60 Å². The first-order chi connectivity index (χ1) is 10.3. The smallest absolute Gasteiger partial charge is 0.338 e. The summed E-state index contributed by atoms with van der Waals surface area (Å²) in [5, 5.41) is 3.36. The van der Waals surface area contributed by atoms with E-state index >= 15 is 0 Å². The number of hydrogen-bond donors (Lipinski definition) is 1. The highest BCUT2D eigenvalue weighted by Gasteiger charge is 2.17. The molecule has 2 rings (SSSR count). The minimum atomic E-state index is -0.473. The fourth-order valence-electron chi connectivity index (χ4n) is 2.07. The van der Waals surface area contributed by atoms with Crippen LogP contribution >= 0.6 is 0 Å². The molecule has 0 saturated carbocycles. The maximum absolute atomic E-state index is 12.0. The van der Waals surface area contributed by atoms with E-state index in [9.17, 15) is 4.79 Å². The summed E-state index contributed by atoms with van der Waals surface area (Å²) in [4.78, 5) is 12.0. The van der Waals surface area contributed by atoms with Gasteiger partial charge in [-0.05, 0) is 63.1 Å². The summed E-state index contributed by atoms with van der Waals surface area (Å²) >= 11 is 0. The van der Waals surface area contributed by atoms with E-state index in [1.807, 2.05) is 45.0 Å². The first-order valence-electron chi connectivity index (χ1n) is 7.47. The molecule has 0 spiro atoms. The van der Waals surface area contributed by atoms with Gasteiger partial charge >= 0.3 is 5.97 Å². The topological polar surface area (TPSA) is 38.3 Å². The van der Waals surface area contributed by atoms with Crippen molar-refractivity contribution in [1.29, 1.82) is 0 Å². The predicted molar refractivity (Wildman–Crippen MR) is 90.1 cm³/mol. The van der Waals surface area contributed by atoms with Crippen LogP contribution in [-0.4, -0.2) is 11.6 Å². The predicted octanol–water partition coefficient (Wildman–Crippen LogP) is 4.56. The first kappa shape index (κ1) is 16.1. The standard InChI is InChI=1S/C19H23NO2/c1-14-7-5-6-8-16(14)13-20-17-11-9-15(10-12-17)18(21)22-19(2,3)4/h5-12,20H,13H2,1-4H3. The van der Waals surface area contributed by atoms with Crippen LogP contribution in [0.1, 0.15) is 42.3 Å². The Morgan fingerprint density at radius 1 is 1.05 bits per heavy atom. The summed E-state index contributed by atoms with van der Waals surface area (Å²) < 4.78 is 5.35. The number of anilines is 1. The van der Waals surface area contributed by atoms with E-state index in [2.05, 4.69) is 24.4 Å². The maximum atomic E-state index is 12.0. The molecule has 0 atom stereocenters. The molecule has 2 aromatic carbocycles. The summed E-state index contributed by atoms with van der Waals surface area (Å²) in [5.74, 6) is -0.294. The lowest BCUT2D eigenvalue weighted by atomic mass is 10.1. The van der Waals surface area contributed by atoms with Crippen LogP contribution < -0.4 is 5.32 Å². The minimum Gasteiger partial charge on any atom is -0.456 e. The molecule has 2 aromatic rings. The zero-order chi connectivity index (χ0) is 16.2. The van der Waals surface area contributed by atoms with Crippen molar-refractivity contribution in [3.63, 3.8) is 0 Å². The fourth-order valence-corrected chi connectivity index (χ4v) is 2.07. The molecule has 3 nitrogen and oxygen atoms in total. The lowest BCUT2D eigenvalue weighted by Crippen LogP contribution is -2.23. The van der Waals surface area contributed by atoms with Gasteiger partial charge in [0, 0.05) is 12.2 Å². The van der Waals surface area contributed by atoms with Crippen LogP contribution in [-0.2, 0) is 11.3 Å². The molecular weight excluding hydrogens is 274 g/mol. The molecule has 0 unspecified atom stereocenters. The summed E-state index contributed by atoms with van der Waals surface area (Å²) in [5.41, 5.74) is 3.60. The molecule has 22 heavy (non-hydrogen) atoms. The van der Waals surface area contributed by atoms with Crippen LogP contribution in [0.2, 0.25) is 0 Å². The Balaban J connectivity index is 1.98. The van der Waals surface area contributed by atoms with E-state index in [0.29, 0.717) is 5.56 Å². The highest BCUT2D eigenvalue weighted by atomic mass is 16.6.